The number of fused-ring (bicyclic) bond motifs is 2. The average Bonchev–Trinajstić information content (AvgIpc) is 3.22. The Kier molecular flexibility index (Phi) is 6.77. The number of nitrogens with zero attached hydrogens (tertiary/aromatic N) is 1. The molecule has 0 N–H and O–H groups in total. The van der Waals surface area contributed by atoms with E-state index in [9.17, 15) is 14.4 Å². The molecule has 1 aliphatic heterocycles. The Labute approximate surface area is 214 Å². The summed E-state index contributed by atoms with van der Waals surface area (Å²) in [5.41, 5.74) is 2.05. The zero-order chi connectivity index (χ0) is 25.9. The van der Waals surface area contributed by atoms with Crippen molar-refractivity contribution in [2.24, 2.45) is 0 Å². The van der Waals surface area contributed by atoms with E-state index in [-0.39, 0.29) is 23.4 Å². The number of ether oxygens (including phenoxy) is 2. The zero-order valence-electron chi connectivity index (χ0n) is 20.7. The van der Waals surface area contributed by atoms with Crippen LogP contribution < -0.4 is 15.1 Å². The molecule has 2 heterocycles. The number of carbonyl (C=O) groups excluding carboxylic acids is 2. The molecular weight excluding hydrogens is 470 g/mol. The Morgan fingerprint density at radius 1 is 0.946 bits per heavy atom. The summed E-state index contributed by atoms with van der Waals surface area (Å²) in [4.78, 5) is 41.1. The fourth-order valence-electron chi connectivity index (χ4n) is 4.55. The second kappa shape index (κ2) is 10.3. The molecule has 0 radical (unpaired) electrons. The largest absolute Gasteiger partial charge is 0.494 e. The number of anilines is 1. The third kappa shape index (κ3) is 4.48. The van der Waals surface area contributed by atoms with Gasteiger partial charge in [0.2, 0.25) is 5.76 Å². The van der Waals surface area contributed by atoms with Crippen LogP contribution in [0.25, 0.3) is 11.0 Å². The van der Waals surface area contributed by atoms with E-state index >= 15 is 0 Å². The number of hydrogen-bond donors (Lipinski definition) is 0. The summed E-state index contributed by atoms with van der Waals surface area (Å²) in [5.74, 6) is -0.123. The molecule has 0 spiro atoms. The SMILES string of the molecule is CCCCOc1ccc(C2c3c(oc4ccccc4c3=O)C(=O)N2c2ccc(C(=O)OCC)cc2)cc1. The van der Waals surface area contributed by atoms with Crippen molar-refractivity contribution in [2.45, 2.75) is 32.7 Å². The van der Waals surface area contributed by atoms with Gasteiger partial charge in [0, 0.05) is 5.69 Å². The lowest BCUT2D eigenvalue weighted by Crippen LogP contribution is -2.29. The number of amides is 1. The standard InChI is InChI=1S/C30H27NO6/c1-3-5-18-36-22-16-12-19(13-17-22)26-25-27(32)23-8-6-7-9-24(23)37-28(25)29(33)31(26)21-14-10-20(11-15-21)30(34)35-4-2/h6-17,26H,3-5,18H2,1-2H3. The van der Waals surface area contributed by atoms with Crippen LogP contribution in [0.4, 0.5) is 5.69 Å². The van der Waals surface area contributed by atoms with E-state index in [1.807, 2.05) is 24.3 Å². The van der Waals surface area contributed by atoms with Gasteiger partial charge in [-0.15, -0.1) is 0 Å². The van der Waals surface area contributed by atoms with E-state index in [2.05, 4.69) is 6.92 Å². The maximum atomic E-state index is 13.7. The summed E-state index contributed by atoms with van der Waals surface area (Å²) < 4.78 is 16.9. The third-order valence-corrected chi connectivity index (χ3v) is 6.40. The number of para-hydroxylation sites is 1. The molecule has 0 aliphatic carbocycles. The first-order valence-electron chi connectivity index (χ1n) is 12.4. The Bertz CT molecular complexity index is 1500. The van der Waals surface area contributed by atoms with Crippen molar-refractivity contribution in [3.05, 3.63) is 105 Å². The summed E-state index contributed by atoms with van der Waals surface area (Å²) in [5, 5.41) is 0.415. The predicted molar refractivity (Wildman–Crippen MR) is 140 cm³/mol. The lowest BCUT2D eigenvalue weighted by Gasteiger charge is -2.25. The van der Waals surface area contributed by atoms with Gasteiger partial charge in [-0.05, 0) is 67.4 Å². The molecule has 1 aliphatic rings. The Morgan fingerprint density at radius 2 is 1.68 bits per heavy atom. The second-order valence-electron chi connectivity index (χ2n) is 8.79. The quantitative estimate of drug-likeness (QED) is 0.223. The number of unbranched alkanes of at least 4 members (excludes halogenated alkanes) is 1. The predicted octanol–water partition coefficient (Wildman–Crippen LogP) is 5.90. The number of carbonyl (C=O) groups is 2. The maximum Gasteiger partial charge on any atom is 0.338 e. The van der Waals surface area contributed by atoms with Crippen molar-refractivity contribution in [2.75, 3.05) is 18.1 Å². The highest BCUT2D eigenvalue weighted by molar-refractivity contribution is 6.10. The molecule has 1 unspecified atom stereocenters. The van der Waals surface area contributed by atoms with Crippen LogP contribution in [-0.4, -0.2) is 25.1 Å². The van der Waals surface area contributed by atoms with Gasteiger partial charge in [-0.3, -0.25) is 14.5 Å². The minimum Gasteiger partial charge on any atom is -0.494 e. The first-order valence-corrected chi connectivity index (χ1v) is 12.4. The van der Waals surface area contributed by atoms with E-state index < -0.39 is 17.9 Å². The van der Waals surface area contributed by atoms with Crippen LogP contribution in [0.15, 0.2) is 82.0 Å². The summed E-state index contributed by atoms with van der Waals surface area (Å²) >= 11 is 0. The number of hydrogen-bond acceptors (Lipinski definition) is 6. The van der Waals surface area contributed by atoms with E-state index in [0.29, 0.717) is 28.8 Å². The lowest BCUT2D eigenvalue weighted by atomic mass is 9.98. The van der Waals surface area contributed by atoms with Crippen molar-refractivity contribution in [1.82, 2.24) is 0 Å². The topological polar surface area (TPSA) is 86.0 Å². The van der Waals surface area contributed by atoms with Gasteiger partial charge in [0.25, 0.3) is 5.91 Å². The Hall–Kier alpha value is -4.39. The highest BCUT2D eigenvalue weighted by Crippen LogP contribution is 2.41. The molecule has 0 fully saturated rings. The van der Waals surface area contributed by atoms with Crippen LogP contribution in [0.1, 0.15) is 64.8 Å². The summed E-state index contributed by atoms with van der Waals surface area (Å²) in [7, 11) is 0. The van der Waals surface area contributed by atoms with E-state index in [1.165, 1.54) is 4.90 Å². The summed E-state index contributed by atoms with van der Waals surface area (Å²) in [6, 6.07) is 20.2. The van der Waals surface area contributed by atoms with Crippen LogP contribution >= 0.6 is 0 Å². The highest BCUT2D eigenvalue weighted by Gasteiger charge is 2.43. The van der Waals surface area contributed by atoms with E-state index in [1.54, 1.807) is 55.5 Å². The van der Waals surface area contributed by atoms with Crippen molar-refractivity contribution < 1.29 is 23.5 Å². The Morgan fingerprint density at radius 3 is 2.38 bits per heavy atom. The minimum absolute atomic E-state index is 0.0199. The first-order chi connectivity index (χ1) is 18.0. The van der Waals surface area contributed by atoms with Crippen LogP contribution in [0.2, 0.25) is 0 Å². The van der Waals surface area contributed by atoms with Gasteiger partial charge in [0.05, 0.1) is 35.8 Å². The molecule has 1 amide bonds. The molecule has 0 bridgehead atoms. The Balaban J connectivity index is 1.61. The van der Waals surface area contributed by atoms with Crippen LogP contribution in [0.3, 0.4) is 0 Å². The first kappa shape index (κ1) is 24.3. The van der Waals surface area contributed by atoms with Crippen LogP contribution in [-0.2, 0) is 4.74 Å². The van der Waals surface area contributed by atoms with Crippen molar-refractivity contribution in [3.63, 3.8) is 0 Å². The van der Waals surface area contributed by atoms with Crippen LogP contribution in [0.5, 0.6) is 5.75 Å². The smallest absolute Gasteiger partial charge is 0.338 e. The van der Waals surface area contributed by atoms with Gasteiger partial charge < -0.3 is 13.9 Å². The van der Waals surface area contributed by atoms with Gasteiger partial charge in [-0.1, -0.05) is 37.6 Å². The monoisotopic (exact) mass is 497 g/mol. The summed E-state index contributed by atoms with van der Waals surface area (Å²) in [6.45, 7) is 4.73. The maximum absolute atomic E-state index is 13.7. The fourth-order valence-corrected chi connectivity index (χ4v) is 4.55. The van der Waals surface area contributed by atoms with Crippen molar-refractivity contribution >= 4 is 28.5 Å². The average molecular weight is 498 g/mol. The normalized spacial score (nSPS) is 14.6. The van der Waals surface area contributed by atoms with Gasteiger partial charge >= 0.3 is 5.97 Å². The highest BCUT2D eigenvalue weighted by atomic mass is 16.5. The number of benzene rings is 3. The van der Waals surface area contributed by atoms with Crippen molar-refractivity contribution in [1.29, 1.82) is 0 Å². The fraction of sp³-hybridized carbons (Fsp3) is 0.233. The van der Waals surface area contributed by atoms with Gasteiger partial charge in [-0.25, -0.2) is 4.79 Å². The molecule has 4 aromatic rings. The molecule has 1 aromatic heterocycles. The molecule has 5 rings (SSSR count). The number of esters is 1. The van der Waals surface area contributed by atoms with Gasteiger partial charge in [0.15, 0.2) is 5.43 Å². The molecule has 7 heteroatoms. The minimum atomic E-state index is -0.707. The third-order valence-electron chi connectivity index (χ3n) is 6.40. The van der Waals surface area contributed by atoms with Gasteiger partial charge in [-0.2, -0.15) is 0 Å². The molecule has 7 nitrogen and oxygen atoms in total. The zero-order valence-corrected chi connectivity index (χ0v) is 20.7. The van der Waals surface area contributed by atoms with Gasteiger partial charge in [0.1, 0.15) is 11.3 Å². The molecule has 188 valence electrons. The lowest BCUT2D eigenvalue weighted by molar-refractivity contribution is 0.0526. The molecule has 37 heavy (non-hydrogen) atoms. The molecule has 0 saturated heterocycles. The molecule has 3 aromatic carbocycles. The summed E-state index contributed by atoms with van der Waals surface area (Å²) in [6.07, 6.45) is 1.99. The van der Waals surface area contributed by atoms with E-state index in [4.69, 9.17) is 13.9 Å². The van der Waals surface area contributed by atoms with Crippen molar-refractivity contribution in [3.8, 4) is 5.75 Å². The molecular formula is C30H27NO6. The van der Waals surface area contributed by atoms with Crippen LogP contribution in [0, 0.1) is 0 Å². The molecule has 0 saturated carbocycles. The molecule has 1 atom stereocenters. The second-order valence-corrected chi connectivity index (χ2v) is 8.79. The van der Waals surface area contributed by atoms with E-state index in [0.717, 1.165) is 24.2 Å². The number of rotatable bonds is 8.